The molecule has 4 unspecified atom stereocenters. The van der Waals surface area contributed by atoms with Crippen LogP contribution in [0.1, 0.15) is 32.1 Å². The number of fused-ring (bicyclic) bond motifs is 2. The Hall–Kier alpha value is -0.160. The van der Waals surface area contributed by atoms with Gasteiger partial charge in [-0.1, -0.05) is 0 Å². The van der Waals surface area contributed by atoms with Gasteiger partial charge in [0, 0.05) is 37.8 Å². The summed E-state index contributed by atoms with van der Waals surface area (Å²) >= 11 is 0. The molecular weight excluding hydrogens is 248 g/mol. The maximum Gasteiger partial charge on any atom is 0.0235 e. The normalized spacial score (nSPS) is 44.2. The average molecular weight is 278 g/mol. The van der Waals surface area contributed by atoms with Crippen LogP contribution in [-0.4, -0.2) is 78.6 Å². The predicted molar refractivity (Wildman–Crippen MR) is 81.7 cm³/mol. The zero-order valence-electron chi connectivity index (χ0n) is 12.7. The molecular formula is C16H30N4. The SMILES string of the molecule is NC1CCN(C2CCN(C3CCN4CCC3C4)C2)CC1. The van der Waals surface area contributed by atoms with Crippen molar-refractivity contribution in [3.63, 3.8) is 0 Å². The molecule has 2 bridgehead atoms. The van der Waals surface area contributed by atoms with E-state index >= 15 is 0 Å². The Labute approximate surface area is 123 Å². The summed E-state index contributed by atoms with van der Waals surface area (Å²) in [7, 11) is 0. The van der Waals surface area contributed by atoms with Crippen LogP contribution < -0.4 is 5.73 Å². The fraction of sp³-hybridized carbons (Fsp3) is 1.00. The highest BCUT2D eigenvalue weighted by atomic mass is 15.3. The summed E-state index contributed by atoms with van der Waals surface area (Å²) in [5, 5.41) is 0. The van der Waals surface area contributed by atoms with E-state index < -0.39 is 0 Å². The average Bonchev–Trinajstić information content (AvgIpc) is 3.09. The molecule has 4 saturated heterocycles. The molecule has 0 amide bonds. The van der Waals surface area contributed by atoms with E-state index in [9.17, 15) is 0 Å². The molecule has 114 valence electrons. The Morgan fingerprint density at radius 2 is 1.45 bits per heavy atom. The van der Waals surface area contributed by atoms with Gasteiger partial charge in [-0.05, 0) is 64.2 Å². The Kier molecular flexibility index (Phi) is 3.75. The molecule has 20 heavy (non-hydrogen) atoms. The number of nitrogens with two attached hydrogens (primary N) is 1. The van der Waals surface area contributed by atoms with E-state index in [0.717, 1.165) is 18.0 Å². The van der Waals surface area contributed by atoms with Crippen molar-refractivity contribution in [3.8, 4) is 0 Å². The molecule has 4 heterocycles. The highest BCUT2D eigenvalue weighted by molar-refractivity contribution is 4.96. The molecule has 4 aliphatic rings. The van der Waals surface area contributed by atoms with Gasteiger partial charge in [-0.25, -0.2) is 0 Å². The van der Waals surface area contributed by atoms with Gasteiger partial charge in [0.2, 0.25) is 0 Å². The Morgan fingerprint density at radius 3 is 2.30 bits per heavy atom. The molecule has 4 fully saturated rings. The van der Waals surface area contributed by atoms with E-state index in [0.29, 0.717) is 6.04 Å². The number of likely N-dealkylation sites (tertiary alicyclic amines) is 2. The monoisotopic (exact) mass is 278 g/mol. The number of rotatable bonds is 2. The van der Waals surface area contributed by atoms with Gasteiger partial charge in [-0.3, -0.25) is 9.80 Å². The fourth-order valence-electron chi connectivity index (χ4n) is 5.06. The molecule has 0 aromatic rings. The molecule has 0 aromatic heterocycles. The molecule has 0 aliphatic carbocycles. The van der Waals surface area contributed by atoms with E-state index in [1.165, 1.54) is 77.9 Å². The maximum absolute atomic E-state index is 6.04. The first-order valence-corrected chi connectivity index (χ1v) is 8.75. The highest BCUT2D eigenvalue weighted by Crippen LogP contribution is 2.33. The number of hydrogen-bond acceptors (Lipinski definition) is 4. The minimum Gasteiger partial charge on any atom is -0.328 e. The second kappa shape index (κ2) is 5.56. The summed E-state index contributed by atoms with van der Waals surface area (Å²) in [5.74, 6) is 0.970. The summed E-state index contributed by atoms with van der Waals surface area (Å²) in [5.41, 5.74) is 6.04. The highest BCUT2D eigenvalue weighted by Gasteiger charge is 2.40. The van der Waals surface area contributed by atoms with Crippen LogP contribution in [0.3, 0.4) is 0 Å². The molecule has 2 N–H and O–H groups in total. The minimum absolute atomic E-state index is 0.464. The quantitative estimate of drug-likeness (QED) is 0.801. The van der Waals surface area contributed by atoms with Gasteiger partial charge in [0.15, 0.2) is 0 Å². The largest absolute Gasteiger partial charge is 0.328 e. The molecule has 4 heteroatoms. The molecule has 0 saturated carbocycles. The maximum atomic E-state index is 6.04. The first-order valence-electron chi connectivity index (χ1n) is 8.75. The Bertz CT molecular complexity index is 339. The molecule has 0 aromatic carbocycles. The first kappa shape index (κ1) is 13.5. The van der Waals surface area contributed by atoms with Crippen molar-refractivity contribution in [3.05, 3.63) is 0 Å². The van der Waals surface area contributed by atoms with Crippen molar-refractivity contribution in [1.29, 1.82) is 0 Å². The number of piperidine rings is 2. The summed E-state index contributed by atoms with van der Waals surface area (Å²) < 4.78 is 0. The predicted octanol–water partition coefficient (Wildman–Crippen LogP) is 0.578. The van der Waals surface area contributed by atoms with Crippen LogP contribution in [0.5, 0.6) is 0 Å². The van der Waals surface area contributed by atoms with Crippen molar-refractivity contribution < 1.29 is 0 Å². The molecule has 4 nitrogen and oxygen atoms in total. The summed E-state index contributed by atoms with van der Waals surface area (Å²) in [4.78, 5) is 8.24. The van der Waals surface area contributed by atoms with E-state index in [1.54, 1.807) is 0 Å². The van der Waals surface area contributed by atoms with Crippen LogP contribution in [0.15, 0.2) is 0 Å². The van der Waals surface area contributed by atoms with Crippen LogP contribution in [0.2, 0.25) is 0 Å². The molecule has 4 atom stereocenters. The second-order valence-electron chi connectivity index (χ2n) is 7.52. The Morgan fingerprint density at radius 1 is 0.700 bits per heavy atom. The van der Waals surface area contributed by atoms with E-state index in [-0.39, 0.29) is 0 Å². The standard InChI is InChI=1S/C16H30N4/c17-14-2-8-19(9-3-14)15-4-10-20(12-15)16-5-7-18-6-1-13(16)11-18/h13-16H,1-12,17H2. The lowest BCUT2D eigenvalue weighted by Crippen LogP contribution is -2.49. The van der Waals surface area contributed by atoms with Crippen molar-refractivity contribution in [2.45, 2.75) is 50.2 Å². The van der Waals surface area contributed by atoms with E-state index in [1.807, 2.05) is 0 Å². The smallest absolute Gasteiger partial charge is 0.0235 e. The van der Waals surface area contributed by atoms with Crippen molar-refractivity contribution in [2.75, 3.05) is 45.8 Å². The van der Waals surface area contributed by atoms with Crippen LogP contribution in [0.25, 0.3) is 0 Å². The summed E-state index contributed by atoms with van der Waals surface area (Å²) in [6, 6.07) is 2.18. The zero-order valence-corrected chi connectivity index (χ0v) is 12.7. The molecule has 0 spiro atoms. The van der Waals surface area contributed by atoms with Crippen molar-refractivity contribution in [1.82, 2.24) is 14.7 Å². The van der Waals surface area contributed by atoms with E-state index in [2.05, 4.69) is 14.7 Å². The molecule has 0 radical (unpaired) electrons. The van der Waals surface area contributed by atoms with Crippen LogP contribution in [0, 0.1) is 5.92 Å². The number of hydrogen-bond donors (Lipinski definition) is 1. The van der Waals surface area contributed by atoms with Crippen LogP contribution >= 0.6 is 0 Å². The first-order chi connectivity index (χ1) is 9.79. The van der Waals surface area contributed by atoms with Gasteiger partial charge in [-0.2, -0.15) is 0 Å². The zero-order chi connectivity index (χ0) is 13.5. The molecule has 4 aliphatic heterocycles. The fourth-order valence-corrected chi connectivity index (χ4v) is 5.06. The van der Waals surface area contributed by atoms with Gasteiger partial charge in [0.1, 0.15) is 0 Å². The second-order valence-corrected chi connectivity index (χ2v) is 7.52. The summed E-state index contributed by atoms with van der Waals surface area (Å²) in [6.07, 6.45) is 6.67. The van der Waals surface area contributed by atoms with Crippen LogP contribution in [-0.2, 0) is 0 Å². The number of nitrogens with zero attached hydrogens (tertiary/aromatic N) is 3. The van der Waals surface area contributed by atoms with Crippen LogP contribution in [0.4, 0.5) is 0 Å². The van der Waals surface area contributed by atoms with Gasteiger partial charge in [0.05, 0.1) is 0 Å². The lowest BCUT2D eigenvalue weighted by Gasteiger charge is -2.38. The van der Waals surface area contributed by atoms with Gasteiger partial charge >= 0.3 is 0 Å². The van der Waals surface area contributed by atoms with Crippen molar-refractivity contribution >= 4 is 0 Å². The van der Waals surface area contributed by atoms with Gasteiger partial charge in [0.25, 0.3) is 0 Å². The van der Waals surface area contributed by atoms with Gasteiger partial charge in [-0.15, -0.1) is 0 Å². The third kappa shape index (κ3) is 2.52. The topological polar surface area (TPSA) is 35.7 Å². The lowest BCUT2D eigenvalue weighted by atomic mass is 9.93. The summed E-state index contributed by atoms with van der Waals surface area (Å²) in [6.45, 7) is 9.24. The van der Waals surface area contributed by atoms with Crippen molar-refractivity contribution in [2.24, 2.45) is 11.7 Å². The minimum atomic E-state index is 0.464. The Balaban J connectivity index is 1.33. The third-order valence-corrected chi connectivity index (χ3v) is 6.35. The third-order valence-electron chi connectivity index (χ3n) is 6.35. The van der Waals surface area contributed by atoms with E-state index in [4.69, 9.17) is 5.73 Å². The molecule has 4 rings (SSSR count). The lowest BCUT2D eigenvalue weighted by molar-refractivity contribution is 0.103. The van der Waals surface area contributed by atoms with Gasteiger partial charge < -0.3 is 10.6 Å².